The topological polar surface area (TPSA) is 29.1 Å². The zero-order valence-electron chi connectivity index (χ0n) is 6.59. The highest BCUT2D eigenvalue weighted by Gasteiger charge is 2.53. The van der Waals surface area contributed by atoms with E-state index < -0.39 is 12.3 Å². The minimum absolute atomic E-state index is 0.0697. The molecule has 1 amide bonds. The van der Waals surface area contributed by atoms with Crippen molar-refractivity contribution in [2.24, 2.45) is 11.8 Å². The standard InChI is InChI=1S/C8H11F2NO/c9-7(10)8(12)11-6-4-2-1-3-5(4)6/h4-7H,1-3H2,(H,11,12)/t4-,5+,6?. The summed E-state index contributed by atoms with van der Waals surface area (Å²) in [6.07, 6.45) is 0.528. The van der Waals surface area contributed by atoms with E-state index in [9.17, 15) is 13.6 Å². The largest absolute Gasteiger partial charge is 0.348 e. The number of rotatable bonds is 2. The number of hydrogen-bond acceptors (Lipinski definition) is 1. The van der Waals surface area contributed by atoms with E-state index in [-0.39, 0.29) is 6.04 Å². The molecular weight excluding hydrogens is 164 g/mol. The highest BCUT2D eigenvalue weighted by molar-refractivity contribution is 5.79. The van der Waals surface area contributed by atoms with E-state index in [0.717, 1.165) is 12.8 Å². The molecule has 0 aromatic carbocycles. The lowest BCUT2D eigenvalue weighted by molar-refractivity contribution is -0.132. The average Bonchev–Trinajstić information content (AvgIpc) is 2.46. The highest BCUT2D eigenvalue weighted by Crippen LogP contribution is 2.51. The first kappa shape index (κ1) is 7.95. The van der Waals surface area contributed by atoms with Gasteiger partial charge in [-0.25, -0.2) is 0 Å². The van der Waals surface area contributed by atoms with E-state index in [4.69, 9.17) is 0 Å². The Bertz CT molecular complexity index is 197. The molecule has 0 spiro atoms. The van der Waals surface area contributed by atoms with Crippen LogP contribution in [0.3, 0.4) is 0 Å². The molecule has 0 aromatic rings. The third-order valence-electron chi connectivity index (χ3n) is 2.91. The Morgan fingerprint density at radius 1 is 1.33 bits per heavy atom. The van der Waals surface area contributed by atoms with Gasteiger partial charge in [-0.3, -0.25) is 4.79 Å². The number of fused-ring (bicyclic) bond motifs is 1. The summed E-state index contributed by atoms with van der Waals surface area (Å²) in [6, 6.07) is 0.0697. The lowest BCUT2D eigenvalue weighted by Gasteiger charge is -2.05. The van der Waals surface area contributed by atoms with Crippen molar-refractivity contribution < 1.29 is 13.6 Å². The molecule has 2 nitrogen and oxygen atoms in total. The lowest BCUT2D eigenvalue weighted by atomic mass is 10.2. The van der Waals surface area contributed by atoms with Crippen LogP contribution in [-0.2, 0) is 4.79 Å². The van der Waals surface area contributed by atoms with Crippen LogP contribution in [0.5, 0.6) is 0 Å². The van der Waals surface area contributed by atoms with Crippen LogP contribution in [0.15, 0.2) is 0 Å². The van der Waals surface area contributed by atoms with Crippen molar-refractivity contribution in [3.05, 3.63) is 0 Å². The molecule has 2 fully saturated rings. The van der Waals surface area contributed by atoms with Crippen LogP contribution < -0.4 is 5.32 Å². The maximum atomic E-state index is 11.8. The number of alkyl halides is 2. The summed E-state index contributed by atoms with van der Waals surface area (Å²) < 4.78 is 23.6. The van der Waals surface area contributed by atoms with Crippen LogP contribution in [0.25, 0.3) is 0 Å². The predicted molar refractivity (Wildman–Crippen MR) is 38.8 cm³/mol. The molecule has 0 heterocycles. The zero-order chi connectivity index (χ0) is 8.72. The third kappa shape index (κ3) is 1.19. The molecule has 0 radical (unpaired) electrons. The van der Waals surface area contributed by atoms with Crippen LogP contribution >= 0.6 is 0 Å². The second kappa shape index (κ2) is 2.68. The second-order valence-corrected chi connectivity index (χ2v) is 3.59. The normalized spacial score (nSPS) is 38.1. The van der Waals surface area contributed by atoms with Gasteiger partial charge in [0.15, 0.2) is 0 Å². The van der Waals surface area contributed by atoms with Crippen LogP contribution in [0, 0.1) is 11.8 Å². The van der Waals surface area contributed by atoms with Crippen molar-refractivity contribution in [2.75, 3.05) is 0 Å². The molecule has 4 heteroatoms. The van der Waals surface area contributed by atoms with Gasteiger partial charge in [0.2, 0.25) is 0 Å². The van der Waals surface area contributed by atoms with Gasteiger partial charge in [-0.2, -0.15) is 8.78 Å². The number of carbonyl (C=O) groups is 1. The fraction of sp³-hybridized carbons (Fsp3) is 0.875. The zero-order valence-corrected chi connectivity index (χ0v) is 6.59. The molecule has 2 aliphatic carbocycles. The van der Waals surface area contributed by atoms with E-state index in [0.29, 0.717) is 11.8 Å². The highest BCUT2D eigenvalue weighted by atomic mass is 19.3. The molecule has 0 bridgehead atoms. The minimum atomic E-state index is -2.86. The molecule has 0 aliphatic heterocycles. The molecule has 1 unspecified atom stereocenters. The van der Waals surface area contributed by atoms with Crippen LogP contribution in [0.2, 0.25) is 0 Å². The predicted octanol–water partition coefficient (Wildman–Crippen LogP) is 1.17. The quantitative estimate of drug-likeness (QED) is 0.670. The van der Waals surface area contributed by atoms with Gasteiger partial charge < -0.3 is 5.32 Å². The maximum absolute atomic E-state index is 11.8. The van der Waals surface area contributed by atoms with Crippen molar-refractivity contribution in [1.29, 1.82) is 0 Å². The first-order chi connectivity index (χ1) is 5.70. The first-order valence-electron chi connectivity index (χ1n) is 4.28. The molecule has 68 valence electrons. The Morgan fingerprint density at radius 2 is 1.92 bits per heavy atom. The monoisotopic (exact) mass is 175 g/mol. The fourth-order valence-electron chi connectivity index (χ4n) is 2.26. The van der Waals surface area contributed by atoms with Crippen LogP contribution in [0.1, 0.15) is 19.3 Å². The fourth-order valence-corrected chi connectivity index (χ4v) is 2.26. The maximum Gasteiger partial charge on any atom is 0.315 e. The summed E-state index contributed by atoms with van der Waals surface area (Å²) in [6.45, 7) is 0. The summed E-state index contributed by atoms with van der Waals surface area (Å²) in [5.41, 5.74) is 0. The molecule has 1 N–H and O–H groups in total. The lowest BCUT2D eigenvalue weighted by Crippen LogP contribution is -2.33. The third-order valence-corrected chi connectivity index (χ3v) is 2.91. The van der Waals surface area contributed by atoms with Gasteiger partial charge in [-0.05, 0) is 24.7 Å². The summed E-state index contributed by atoms with van der Waals surface area (Å²) in [7, 11) is 0. The molecule has 2 rings (SSSR count). The first-order valence-corrected chi connectivity index (χ1v) is 4.28. The van der Waals surface area contributed by atoms with E-state index in [1.54, 1.807) is 0 Å². The van der Waals surface area contributed by atoms with Gasteiger partial charge in [-0.15, -0.1) is 0 Å². The summed E-state index contributed by atoms with van der Waals surface area (Å²) in [5.74, 6) is -0.0881. The van der Waals surface area contributed by atoms with E-state index in [2.05, 4.69) is 5.32 Å². The van der Waals surface area contributed by atoms with Gasteiger partial charge in [-0.1, -0.05) is 6.42 Å². The number of halogens is 2. The molecule has 12 heavy (non-hydrogen) atoms. The van der Waals surface area contributed by atoms with Gasteiger partial charge >= 0.3 is 6.43 Å². The summed E-state index contributed by atoms with van der Waals surface area (Å²) in [5, 5.41) is 2.37. The van der Waals surface area contributed by atoms with E-state index >= 15 is 0 Å². The van der Waals surface area contributed by atoms with Crippen LogP contribution in [0.4, 0.5) is 8.78 Å². The minimum Gasteiger partial charge on any atom is -0.348 e. The molecular formula is C8H11F2NO. The summed E-state index contributed by atoms with van der Waals surface area (Å²) >= 11 is 0. The number of nitrogens with one attached hydrogen (secondary N) is 1. The van der Waals surface area contributed by atoms with Crippen molar-refractivity contribution >= 4 is 5.91 Å². The van der Waals surface area contributed by atoms with Crippen molar-refractivity contribution in [3.63, 3.8) is 0 Å². The molecule has 2 aliphatic rings. The van der Waals surface area contributed by atoms with Gasteiger partial charge in [0.05, 0.1) is 0 Å². The van der Waals surface area contributed by atoms with E-state index in [1.807, 2.05) is 0 Å². The summed E-state index contributed by atoms with van der Waals surface area (Å²) in [4.78, 5) is 10.6. The number of amides is 1. The van der Waals surface area contributed by atoms with Crippen molar-refractivity contribution in [2.45, 2.75) is 31.7 Å². The van der Waals surface area contributed by atoms with E-state index in [1.165, 1.54) is 6.42 Å². The van der Waals surface area contributed by atoms with Gasteiger partial charge in [0.1, 0.15) is 0 Å². The SMILES string of the molecule is O=C(NC1[C@H]2CCC[C@@H]12)C(F)F. The Morgan fingerprint density at radius 3 is 2.42 bits per heavy atom. The van der Waals surface area contributed by atoms with Crippen LogP contribution in [-0.4, -0.2) is 18.4 Å². The molecule has 0 saturated heterocycles. The average molecular weight is 175 g/mol. The number of hydrogen-bond donors (Lipinski definition) is 1. The molecule has 0 aromatic heterocycles. The number of carbonyl (C=O) groups excluding carboxylic acids is 1. The molecule has 3 atom stereocenters. The Balaban J connectivity index is 1.79. The van der Waals surface area contributed by atoms with Gasteiger partial charge in [0, 0.05) is 6.04 Å². The Kier molecular flexibility index (Phi) is 1.77. The van der Waals surface area contributed by atoms with Crippen molar-refractivity contribution in [1.82, 2.24) is 5.32 Å². The Labute approximate surface area is 69.3 Å². The molecule has 2 saturated carbocycles. The second-order valence-electron chi connectivity index (χ2n) is 3.59. The Hall–Kier alpha value is -0.670. The smallest absolute Gasteiger partial charge is 0.315 e. The van der Waals surface area contributed by atoms with Gasteiger partial charge in [0.25, 0.3) is 5.91 Å². The van der Waals surface area contributed by atoms with Crippen molar-refractivity contribution in [3.8, 4) is 0 Å².